The number of hydrogen-bond acceptors (Lipinski definition) is 3. The summed E-state index contributed by atoms with van der Waals surface area (Å²) in [6.45, 7) is 18.7. The zero-order valence-corrected chi connectivity index (χ0v) is 16.4. The Morgan fingerprint density at radius 3 is 1.95 bits per heavy atom. The maximum Gasteiger partial charge on any atom is 0.302 e. The SMILES string of the molecule is CC(=O)OC[C@@H](C)CCC[C@@H](C)CO[Si](C)(C)C(C)(C)C. The van der Waals surface area contributed by atoms with Gasteiger partial charge in [-0.05, 0) is 42.8 Å². The van der Waals surface area contributed by atoms with Crippen LogP contribution in [-0.2, 0) is 14.0 Å². The number of rotatable bonds is 9. The average Bonchev–Trinajstić information content (AvgIpc) is 2.32. The Morgan fingerprint density at radius 1 is 1.05 bits per heavy atom. The van der Waals surface area contributed by atoms with E-state index in [2.05, 4.69) is 47.7 Å². The molecule has 0 radical (unpaired) electrons. The van der Waals surface area contributed by atoms with E-state index in [9.17, 15) is 4.79 Å². The van der Waals surface area contributed by atoms with Gasteiger partial charge >= 0.3 is 5.97 Å². The fourth-order valence-corrected chi connectivity index (χ4v) is 2.94. The van der Waals surface area contributed by atoms with Gasteiger partial charge in [-0.2, -0.15) is 0 Å². The Labute approximate surface area is 132 Å². The molecule has 0 bridgehead atoms. The third kappa shape index (κ3) is 9.30. The second kappa shape index (κ2) is 8.94. The minimum absolute atomic E-state index is 0.182. The van der Waals surface area contributed by atoms with Crippen molar-refractivity contribution in [3.8, 4) is 0 Å². The first-order chi connectivity index (χ1) is 9.45. The molecule has 0 unspecified atom stereocenters. The van der Waals surface area contributed by atoms with Crippen LogP contribution in [0.1, 0.15) is 60.8 Å². The van der Waals surface area contributed by atoms with Crippen molar-refractivity contribution in [2.24, 2.45) is 11.8 Å². The van der Waals surface area contributed by atoms with Crippen molar-refractivity contribution in [2.75, 3.05) is 13.2 Å². The number of carbonyl (C=O) groups excluding carboxylic acids is 1. The molecule has 0 spiro atoms. The molecule has 126 valence electrons. The van der Waals surface area contributed by atoms with Gasteiger partial charge in [0.2, 0.25) is 0 Å². The number of carbonyl (C=O) groups is 1. The van der Waals surface area contributed by atoms with E-state index < -0.39 is 8.32 Å². The van der Waals surface area contributed by atoms with Gasteiger partial charge in [0.05, 0.1) is 6.61 Å². The van der Waals surface area contributed by atoms with Crippen molar-refractivity contribution in [1.29, 1.82) is 0 Å². The third-order valence-electron chi connectivity index (χ3n) is 4.50. The van der Waals surface area contributed by atoms with Crippen LogP contribution in [0.3, 0.4) is 0 Å². The Bertz CT molecular complexity index is 308. The molecular weight excluding hydrogens is 280 g/mol. The zero-order chi connectivity index (χ0) is 16.7. The van der Waals surface area contributed by atoms with Gasteiger partial charge in [0.15, 0.2) is 8.32 Å². The molecule has 3 nitrogen and oxygen atoms in total. The van der Waals surface area contributed by atoms with Crippen molar-refractivity contribution in [3.63, 3.8) is 0 Å². The van der Waals surface area contributed by atoms with Gasteiger partial charge in [0.1, 0.15) is 0 Å². The lowest BCUT2D eigenvalue weighted by molar-refractivity contribution is -0.142. The Kier molecular flexibility index (Phi) is 8.79. The van der Waals surface area contributed by atoms with Crippen molar-refractivity contribution in [3.05, 3.63) is 0 Å². The van der Waals surface area contributed by atoms with Crippen LogP contribution in [0.2, 0.25) is 18.1 Å². The molecule has 0 aliphatic carbocycles. The first-order valence-electron chi connectivity index (χ1n) is 8.23. The highest BCUT2D eigenvalue weighted by atomic mass is 28.4. The van der Waals surface area contributed by atoms with Gasteiger partial charge in [0.25, 0.3) is 0 Å². The molecule has 0 saturated heterocycles. The molecule has 0 aliphatic rings. The second-order valence-electron chi connectivity index (χ2n) is 8.02. The van der Waals surface area contributed by atoms with Crippen molar-refractivity contribution in [2.45, 2.75) is 78.9 Å². The van der Waals surface area contributed by atoms with Crippen LogP contribution < -0.4 is 0 Å². The van der Waals surface area contributed by atoms with E-state index >= 15 is 0 Å². The van der Waals surface area contributed by atoms with Crippen LogP contribution in [0.15, 0.2) is 0 Å². The predicted octanol–water partition coefficient (Wildman–Crippen LogP) is 5.01. The Morgan fingerprint density at radius 2 is 1.52 bits per heavy atom. The summed E-state index contributed by atoms with van der Waals surface area (Å²) in [6, 6.07) is 0. The molecule has 0 saturated carbocycles. The molecule has 0 aliphatic heterocycles. The molecule has 4 heteroatoms. The number of hydrogen-bond donors (Lipinski definition) is 0. The van der Waals surface area contributed by atoms with E-state index in [-0.39, 0.29) is 11.0 Å². The van der Waals surface area contributed by atoms with E-state index in [4.69, 9.17) is 9.16 Å². The van der Waals surface area contributed by atoms with E-state index in [0.29, 0.717) is 18.4 Å². The fourth-order valence-electron chi connectivity index (χ4n) is 1.81. The summed E-state index contributed by atoms with van der Waals surface area (Å²) in [5.41, 5.74) is 0. The molecule has 0 rings (SSSR count). The smallest absolute Gasteiger partial charge is 0.302 e. The summed E-state index contributed by atoms with van der Waals surface area (Å²) in [6.07, 6.45) is 3.46. The van der Waals surface area contributed by atoms with Crippen molar-refractivity contribution >= 4 is 14.3 Å². The molecule has 0 fully saturated rings. The van der Waals surface area contributed by atoms with E-state index in [1.165, 1.54) is 19.8 Å². The van der Waals surface area contributed by atoms with E-state index in [1.54, 1.807) is 0 Å². The number of esters is 1. The van der Waals surface area contributed by atoms with Crippen LogP contribution >= 0.6 is 0 Å². The Hall–Kier alpha value is -0.353. The minimum atomic E-state index is -1.61. The average molecular weight is 317 g/mol. The topological polar surface area (TPSA) is 35.5 Å². The minimum Gasteiger partial charge on any atom is -0.466 e. The summed E-state index contributed by atoms with van der Waals surface area (Å²) in [4.78, 5) is 10.8. The highest BCUT2D eigenvalue weighted by Crippen LogP contribution is 2.36. The first kappa shape index (κ1) is 20.6. The first-order valence-corrected chi connectivity index (χ1v) is 11.1. The quantitative estimate of drug-likeness (QED) is 0.443. The zero-order valence-electron chi connectivity index (χ0n) is 15.4. The second-order valence-corrected chi connectivity index (χ2v) is 12.8. The van der Waals surface area contributed by atoms with E-state index in [0.717, 1.165) is 13.0 Å². The summed E-state index contributed by atoms with van der Waals surface area (Å²) in [7, 11) is -1.61. The molecule has 0 amide bonds. The summed E-state index contributed by atoms with van der Waals surface area (Å²) >= 11 is 0. The van der Waals surface area contributed by atoms with Gasteiger partial charge < -0.3 is 9.16 Å². The molecule has 0 aromatic carbocycles. The van der Waals surface area contributed by atoms with Gasteiger partial charge in [-0.25, -0.2) is 0 Å². The van der Waals surface area contributed by atoms with Crippen LogP contribution in [0.25, 0.3) is 0 Å². The molecule has 0 N–H and O–H groups in total. The van der Waals surface area contributed by atoms with Gasteiger partial charge in [-0.3, -0.25) is 4.79 Å². The maximum absolute atomic E-state index is 10.8. The maximum atomic E-state index is 10.8. The van der Waals surface area contributed by atoms with E-state index in [1.807, 2.05) is 0 Å². The van der Waals surface area contributed by atoms with Gasteiger partial charge in [-0.15, -0.1) is 0 Å². The highest BCUT2D eigenvalue weighted by molar-refractivity contribution is 6.74. The van der Waals surface area contributed by atoms with Crippen molar-refractivity contribution < 1.29 is 14.0 Å². The summed E-state index contributed by atoms with van der Waals surface area (Å²) in [5, 5.41) is 0.283. The molecule has 0 aromatic heterocycles. The molecule has 21 heavy (non-hydrogen) atoms. The number of ether oxygens (including phenoxy) is 1. The lowest BCUT2D eigenvalue weighted by Crippen LogP contribution is -2.41. The molecule has 2 atom stereocenters. The van der Waals surface area contributed by atoms with Crippen LogP contribution in [0.5, 0.6) is 0 Å². The monoisotopic (exact) mass is 316 g/mol. The highest BCUT2D eigenvalue weighted by Gasteiger charge is 2.37. The third-order valence-corrected chi connectivity index (χ3v) is 9.00. The normalized spacial score (nSPS) is 15.6. The molecule has 0 aromatic rings. The fraction of sp³-hybridized carbons (Fsp3) is 0.941. The summed E-state index contributed by atoms with van der Waals surface area (Å²) < 4.78 is 11.3. The lowest BCUT2D eigenvalue weighted by atomic mass is 10.00. The van der Waals surface area contributed by atoms with Crippen molar-refractivity contribution in [1.82, 2.24) is 0 Å². The van der Waals surface area contributed by atoms with Crippen LogP contribution in [-0.4, -0.2) is 27.5 Å². The largest absolute Gasteiger partial charge is 0.466 e. The Balaban J connectivity index is 3.86. The van der Waals surface area contributed by atoms with Crippen LogP contribution in [0.4, 0.5) is 0 Å². The van der Waals surface area contributed by atoms with Gasteiger partial charge in [0, 0.05) is 13.5 Å². The van der Waals surface area contributed by atoms with Gasteiger partial charge in [-0.1, -0.05) is 41.0 Å². The predicted molar refractivity (Wildman–Crippen MR) is 92.0 cm³/mol. The van der Waals surface area contributed by atoms with Crippen LogP contribution in [0, 0.1) is 11.8 Å². The molecule has 0 heterocycles. The lowest BCUT2D eigenvalue weighted by Gasteiger charge is -2.37. The summed E-state index contributed by atoms with van der Waals surface area (Å²) in [5.74, 6) is 0.862. The molecular formula is C17H36O3Si. The standard InChI is InChI=1S/C17H36O3Si/c1-14(12-19-16(3)18)10-9-11-15(2)13-20-21(7,8)17(4,5)6/h14-15H,9-13H2,1-8H3/t14-,15+/m0/s1.